The van der Waals surface area contributed by atoms with Crippen molar-refractivity contribution in [2.24, 2.45) is 23.2 Å². The molecule has 39 heavy (non-hydrogen) atoms. The van der Waals surface area contributed by atoms with Gasteiger partial charge < -0.3 is 25.4 Å². The molecule has 0 aliphatic carbocycles. The number of halogens is 1. The molecule has 8 nitrogen and oxygen atoms in total. The zero-order valence-electron chi connectivity index (χ0n) is 24.2. The molecule has 1 aromatic carbocycles. The van der Waals surface area contributed by atoms with Crippen LogP contribution < -0.4 is 10.6 Å². The minimum Gasteiger partial charge on any atom is -0.394 e. The van der Waals surface area contributed by atoms with Gasteiger partial charge in [-0.15, -0.1) is 0 Å². The number of nitrogens with one attached hydrogen (secondary N) is 2. The van der Waals surface area contributed by atoms with Crippen molar-refractivity contribution in [3.05, 3.63) is 35.9 Å². The van der Waals surface area contributed by atoms with Crippen LogP contribution in [0.5, 0.6) is 0 Å². The van der Waals surface area contributed by atoms with E-state index in [-0.39, 0.29) is 40.5 Å². The van der Waals surface area contributed by atoms with E-state index in [0.29, 0.717) is 13.0 Å². The monoisotopic (exact) mass is 605 g/mol. The van der Waals surface area contributed by atoms with E-state index in [9.17, 15) is 19.5 Å². The summed E-state index contributed by atoms with van der Waals surface area (Å²) in [7, 11) is 0. The third-order valence-electron chi connectivity index (χ3n) is 8.34. The van der Waals surface area contributed by atoms with E-state index in [1.165, 1.54) is 4.90 Å². The van der Waals surface area contributed by atoms with Gasteiger partial charge in [0.2, 0.25) is 17.7 Å². The van der Waals surface area contributed by atoms with E-state index in [2.05, 4.69) is 47.3 Å². The largest absolute Gasteiger partial charge is 0.394 e. The van der Waals surface area contributed by atoms with Crippen LogP contribution in [0.3, 0.4) is 0 Å². The lowest BCUT2D eigenvalue weighted by Crippen LogP contribution is -2.62. The molecular formula is C30H44BrN3O5. The van der Waals surface area contributed by atoms with Gasteiger partial charge >= 0.3 is 0 Å². The fourth-order valence-corrected chi connectivity index (χ4v) is 8.26. The normalized spacial score (nSPS) is 31.0. The van der Waals surface area contributed by atoms with Gasteiger partial charge in [0, 0.05) is 16.9 Å². The number of fused-ring (bicyclic) bond motifs is 1. The average Bonchev–Trinajstić information content (AvgIpc) is 3.40. The second-order valence-corrected chi connectivity index (χ2v) is 14.9. The predicted molar refractivity (Wildman–Crippen MR) is 153 cm³/mol. The average molecular weight is 607 g/mol. The second kappa shape index (κ2) is 10.8. The number of hydrogen-bond donors (Lipinski definition) is 3. The quantitative estimate of drug-likeness (QED) is 0.374. The number of aliphatic hydroxyl groups is 1. The van der Waals surface area contributed by atoms with Gasteiger partial charge in [0.05, 0.1) is 30.6 Å². The van der Waals surface area contributed by atoms with Crippen molar-refractivity contribution in [1.29, 1.82) is 0 Å². The Morgan fingerprint density at radius 3 is 2.36 bits per heavy atom. The summed E-state index contributed by atoms with van der Waals surface area (Å²) in [6.45, 7) is 14.2. The molecule has 2 bridgehead atoms. The lowest BCUT2D eigenvalue weighted by atomic mass is 9.70. The first-order valence-corrected chi connectivity index (χ1v) is 14.9. The Balaban J connectivity index is 1.69. The molecule has 4 rings (SSSR count). The fourth-order valence-electron chi connectivity index (χ4n) is 7.32. The molecule has 3 aliphatic heterocycles. The van der Waals surface area contributed by atoms with Gasteiger partial charge in [-0.1, -0.05) is 80.9 Å². The van der Waals surface area contributed by atoms with Crippen LogP contribution >= 0.6 is 15.9 Å². The van der Waals surface area contributed by atoms with Crippen LogP contribution in [0.1, 0.15) is 66.9 Å². The molecule has 0 radical (unpaired) electrons. The molecule has 3 heterocycles. The number of aliphatic hydroxyl groups excluding tert-OH is 1. The molecule has 7 atom stereocenters. The van der Waals surface area contributed by atoms with Crippen LogP contribution in [-0.2, 0) is 25.7 Å². The van der Waals surface area contributed by atoms with Gasteiger partial charge in [-0.25, -0.2) is 0 Å². The van der Waals surface area contributed by atoms with Gasteiger partial charge in [-0.2, -0.15) is 0 Å². The number of hydrogen-bond acceptors (Lipinski definition) is 5. The summed E-state index contributed by atoms with van der Waals surface area (Å²) in [5.41, 5.74) is -0.769. The summed E-state index contributed by atoms with van der Waals surface area (Å²) in [6, 6.07) is 8.07. The third-order valence-corrected chi connectivity index (χ3v) is 9.18. The first kappa shape index (κ1) is 30.0. The standard InChI is InChI=1S/C30H44BrN3O5/c1-17(2)20(15-35)34-24(26(37)33-29(6,7)16-28(3,4)5)30-13-19(31)23(39-30)21(22(30)27(34)38)25(36)32-14-18-11-9-8-10-12-18/h8-12,17,19-24,35H,13-16H2,1-7H3,(H,32,36)(H,33,37)/t19?,20-,21+,22-,23+,24?,30?/m0/s1. The number of alkyl halides is 1. The zero-order valence-corrected chi connectivity index (χ0v) is 25.7. The highest BCUT2D eigenvalue weighted by atomic mass is 79.9. The van der Waals surface area contributed by atoms with Gasteiger partial charge in [0.1, 0.15) is 11.6 Å². The Kier molecular flexibility index (Phi) is 8.30. The number of carbonyl (C=O) groups is 3. The predicted octanol–water partition coefficient (Wildman–Crippen LogP) is 3.40. The molecule has 1 spiro atoms. The summed E-state index contributed by atoms with van der Waals surface area (Å²) in [5, 5.41) is 16.6. The van der Waals surface area contributed by atoms with Crippen molar-refractivity contribution >= 4 is 33.7 Å². The second-order valence-electron chi connectivity index (χ2n) is 13.7. The Bertz CT molecular complexity index is 1090. The van der Waals surface area contributed by atoms with Gasteiger partial charge in [-0.05, 0) is 43.6 Å². The minimum atomic E-state index is -1.16. The molecule has 3 N–H and O–H groups in total. The smallest absolute Gasteiger partial charge is 0.246 e. The first-order valence-electron chi connectivity index (χ1n) is 14.0. The highest BCUT2D eigenvalue weighted by molar-refractivity contribution is 9.09. The number of likely N-dealkylation sites (tertiary alicyclic amines) is 1. The van der Waals surface area contributed by atoms with Gasteiger partial charge in [0.15, 0.2) is 0 Å². The van der Waals surface area contributed by atoms with Crippen molar-refractivity contribution < 1.29 is 24.2 Å². The van der Waals surface area contributed by atoms with Crippen LogP contribution in [0, 0.1) is 23.2 Å². The van der Waals surface area contributed by atoms with Crippen LogP contribution in [-0.4, -0.2) is 68.5 Å². The molecule has 1 aromatic rings. The minimum absolute atomic E-state index is 0.0282. The summed E-state index contributed by atoms with van der Waals surface area (Å²) in [5.74, 6) is -2.50. The number of benzene rings is 1. The van der Waals surface area contributed by atoms with E-state index in [1.807, 2.05) is 58.0 Å². The van der Waals surface area contributed by atoms with Crippen LogP contribution in [0.15, 0.2) is 30.3 Å². The number of rotatable bonds is 9. The van der Waals surface area contributed by atoms with E-state index in [1.54, 1.807) is 0 Å². The van der Waals surface area contributed by atoms with Crippen molar-refractivity contribution in [3.63, 3.8) is 0 Å². The molecule has 3 aliphatic rings. The number of nitrogens with zero attached hydrogens (tertiary/aromatic N) is 1. The molecule has 3 unspecified atom stereocenters. The maximum atomic E-state index is 14.2. The van der Waals surface area contributed by atoms with Gasteiger partial charge in [-0.3, -0.25) is 14.4 Å². The lowest BCUT2D eigenvalue weighted by Gasteiger charge is -2.41. The van der Waals surface area contributed by atoms with Crippen molar-refractivity contribution in [2.75, 3.05) is 6.61 Å². The van der Waals surface area contributed by atoms with Crippen molar-refractivity contribution in [2.45, 2.75) is 102 Å². The number of carbonyl (C=O) groups excluding carboxylic acids is 3. The third kappa shape index (κ3) is 5.64. The van der Waals surface area contributed by atoms with Crippen LogP contribution in [0.2, 0.25) is 0 Å². The van der Waals surface area contributed by atoms with Crippen molar-refractivity contribution in [1.82, 2.24) is 15.5 Å². The SMILES string of the molecule is CC(C)[C@H](CO)N1C(=O)[C@@H]2[C@@H](C(=O)NCc3ccccc3)[C@@H]3OC2(CC3Br)C1C(=O)NC(C)(C)CC(C)(C)C. The Hall–Kier alpha value is -1.97. The molecule has 9 heteroatoms. The van der Waals surface area contributed by atoms with E-state index in [0.717, 1.165) is 12.0 Å². The summed E-state index contributed by atoms with van der Waals surface area (Å²) >= 11 is 3.72. The Labute approximate surface area is 240 Å². The van der Waals surface area contributed by atoms with Crippen LogP contribution in [0.4, 0.5) is 0 Å². The summed E-state index contributed by atoms with van der Waals surface area (Å²) < 4.78 is 6.59. The Morgan fingerprint density at radius 2 is 1.79 bits per heavy atom. The van der Waals surface area contributed by atoms with E-state index >= 15 is 0 Å². The lowest BCUT2D eigenvalue weighted by molar-refractivity contribution is -0.147. The molecule has 3 fully saturated rings. The highest BCUT2D eigenvalue weighted by Gasteiger charge is 2.77. The van der Waals surface area contributed by atoms with Crippen molar-refractivity contribution in [3.8, 4) is 0 Å². The molecule has 3 amide bonds. The van der Waals surface area contributed by atoms with E-state index < -0.39 is 41.2 Å². The maximum absolute atomic E-state index is 14.2. The van der Waals surface area contributed by atoms with E-state index in [4.69, 9.17) is 4.74 Å². The van der Waals surface area contributed by atoms with Gasteiger partial charge in [0.25, 0.3) is 0 Å². The molecule has 0 aromatic heterocycles. The maximum Gasteiger partial charge on any atom is 0.246 e. The number of ether oxygens (including phenoxy) is 1. The molecular weight excluding hydrogens is 562 g/mol. The van der Waals surface area contributed by atoms with Crippen LogP contribution in [0.25, 0.3) is 0 Å². The topological polar surface area (TPSA) is 108 Å². The number of amides is 3. The molecule has 0 saturated carbocycles. The molecule has 3 saturated heterocycles. The fraction of sp³-hybridized carbons (Fsp3) is 0.700. The Morgan fingerprint density at radius 1 is 1.15 bits per heavy atom. The highest BCUT2D eigenvalue weighted by Crippen LogP contribution is 2.60. The summed E-state index contributed by atoms with van der Waals surface area (Å²) in [4.78, 5) is 43.4. The summed E-state index contributed by atoms with van der Waals surface area (Å²) in [6.07, 6.45) is 0.633. The zero-order chi connectivity index (χ0) is 28.9. The molecule has 216 valence electrons. The first-order chi connectivity index (χ1) is 18.1.